The predicted octanol–water partition coefficient (Wildman–Crippen LogP) is 4.66. The molecular weight excluding hydrogens is 252 g/mol. The molecule has 0 spiro atoms. The lowest BCUT2D eigenvalue weighted by Gasteiger charge is -2.21. The van der Waals surface area contributed by atoms with Crippen molar-refractivity contribution in [2.45, 2.75) is 31.1 Å². The van der Waals surface area contributed by atoms with Gasteiger partial charge in [0, 0.05) is 11.3 Å². The van der Waals surface area contributed by atoms with E-state index in [1.165, 1.54) is 39.8 Å². The zero-order valence-electron chi connectivity index (χ0n) is 12.0. The summed E-state index contributed by atoms with van der Waals surface area (Å²) >= 11 is 0. The third-order valence-electron chi connectivity index (χ3n) is 5.95. The molecule has 21 heavy (non-hydrogen) atoms. The van der Waals surface area contributed by atoms with Crippen LogP contribution in [0.1, 0.15) is 47.1 Å². The van der Waals surface area contributed by atoms with Gasteiger partial charge in [0.25, 0.3) is 0 Å². The average molecular weight is 267 g/mol. The summed E-state index contributed by atoms with van der Waals surface area (Å²) in [5.74, 6) is 0.443. The van der Waals surface area contributed by atoms with Crippen molar-refractivity contribution in [1.29, 1.82) is 0 Å². The van der Waals surface area contributed by atoms with Crippen molar-refractivity contribution in [2.75, 3.05) is 0 Å². The Morgan fingerprint density at radius 3 is 3.00 bits per heavy atom. The highest BCUT2D eigenvalue weighted by Gasteiger charge is 2.59. The molecule has 0 aromatic heterocycles. The van der Waals surface area contributed by atoms with E-state index >= 15 is 0 Å². The first-order valence-corrected chi connectivity index (χ1v) is 7.87. The largest absolute Gasteiger partial charge is 0.0804 e. The van der Waals surface area contributed by atoms with Crippen molar-refractivity contribution >= 4 is 0 Å². The van der Waals surface area contributed by atoms with Crippen LogP contribution in [0.2, 0.25) is 0 Å². The predicted molar refractivity (Wildman–Crippen MR) is 84.6 cm³/mol. The second kappa shape index (κ2) is 3.06. The van der Waals surface area contributed by atoms with Gasteiger partial charge in [-0.25, -0.2) is 0 Å². The van der Waals surface area contributed by atoms with Gasteiger partial charge < -0.3 is 0 Å². The molecule has 6 rings (SSSR count). The summed E-state index contributed by atoms with van der Waals surface area (Å²) in [6.45, 7) is 2.38. The molecule has 0 saturated carbocycles. The van der Waals surface area contributed by atoms with E-state index in [0.29, 0.717) is 11.3 Å². The van der Waals surface area contributed by atoms with Crippen LogP contribution in [0.5, 0.6) is 0 Å². The van der Waals surface area contributed by atoms with E-state index < -0.39 is 0 Å². The highest BCUT2D eigenvalue weighted by atomic mass is 14.6. The molecule has 0 bridgehead atoms. The van der Waals surface area contributed by atoms with Crippen LogP contribution in [0, 0.1) is 6.07 Å². The van der Waals surface area contributed by atoms with Crippen LogP contribution in [0.4, 0.5) is 0 Å². The van der Waals surface area contributed by atoms with Crippen molar-refractivity contribution in [3.63, 3.8) is 0 Å². The number of allylic oxidation sites excluding steroid dienone is 4. The molecule has 1 radical (unpaired) electrons. The molecule has 0 N–H and O–H groups in total. The molecule has 0 heterocycles. The fraction of sp³-hybridized carbons (Fsp3) is 0.238. The van der Waals surface area contributed by atoms with Gasteiger partial charge in [0.05, 0.1) is 0 Å². The van der Waals surface area contributed by atoms with Crippen molar-refractivity contribution < 1.29 is 0 Å². The standard InChI is InChI=1S/C21H15/c1-21-11-16-19-14-9-5-4-8-13(14)18(12-6-2-3-7-12)15(19)10-17(21)20(16)21/h2-6,8-9,18H,7,11H2,1H3. The third kappa shape index (κ3) is 1.01. The molecule has 2 aromatic rings. The van der Waals surface area contributed by atoms with E-state index in [2.05, 4.69) is 55.5 Å². The van der Waals surface area contributed by atoms with E-state index in [0.717, 1.165) is 6.42 Å². The van der Waals surface area contributed by atoms with Gasteiger partial charge in [-0.05, 0) is 57.9 Å². The van der Waals surface area contributed by atoms with Crippen LogP contribution >= 0.6 is 0 Å². The summed E-state index contributed by atoms with van der Waals surface area (Å²) in [6, 6.07) is 12.8. The summed E-state index contributed by atoms with van der Waals surface area (Å²) in [4.78, 5) is 0. The fourth-order valence-corrected chi connectivity index (χ4v) is 4.90. The van der Waals surface area contributed by atoms with E-state index in [-0.39, 0.29) is 0 Å². The second-order valence-corrected chi connectivity index (χ2v) is 7.05. The molecule has 0 aliphatic heterocycles. The van der Waals surface area contributed by atoms with Gasteiger partial charge in [0.15, 0.2) is 0 Å². The summed E-state index contributed by atoms with van der Waals surface area (Å²) in [7, 11) is 0. The second-order valence-electron chi connectivity index (χ2n) is 7.05. The summed E-state index contributed by atoms with van der Waals surface area (Å²) in [5.41, 5.74) is 12.6. The molecule has 0 fully saturated rings. The number of rotatable bonds is 1. The van der Waals surface area contributed by atoms with Crippen molar-refractivity contribution in [3.05, 3.63) is 82.0 Å². The Kier molecular flexibility index (Phi) is 1.55. The molecular formula is C21H15. The van der Waals surface area contributed by atoms with Gasteiger partial charge in [-0.15, -0.1) is 0 Å². The van der Waals surface area contributed by atoms with E-state index in [9.17, 15) is 0 Å². The minimum atomic E-state index is 0.404. The molecule has 99 valence electrons. The summed E-state index contributed by atoms with van der Waals surface area (Å²) in [5, 5.41) is 0. The lowest BCUT2D eigenvalue weighted by Crippen LogP contribution is -2.16. The SMILES string of the molecule is CC12Cc3c4c([c]c1c32)C(C1=CC=CC1)c1ccccc1-4. The number of fused-ring (bicyclic) bond motifs is 5. The van der Waals surface area contributed by atoms with Gasteiger partial charge in [0.2, 0.25) is 0 Å². The smallest absolute Gasteiger partial charge is 0.0323 e. The van der Waals surface area contributed by atoms with Crippen LogP contribution in [-0.2, 0) is 11.8 Å². The van der Waals surface area contributed by atoms with E-state index in [1.54, 1.807) is 11.1 Å². The Bertz CT molecular complexity index is 910. The van der Waals surface area contributed by atoms with Crippen molar-refractivity contribution in [3.8, 4) is 11.1 Å². The average Bonchev–Trinajstić information content (AvgIpc) is 2.89. The zero-order chi connectivity index (χ0) is 13.8. The quantitative estimate of drug-likeness (QED) is 0.705. The third-order valence-corrected chi connectivity index (χ3v) is 5.95. The monoisotopic (exact) mass is 267 g/mol. The van der Waals surface area contributed by atoms with Gasteiger partial charge in [-0.3, -0.25) is 0 Å². The fourth-order valence-electron chi connectivity index (χ4n) is 4.90. The molecule has 4 aliphatic carbocycles. The Morgan fingerprint density at radius 1 is 1.24 bits per heavy atom. The number of hydrogen-bond acceptors (Lipinski definition) is 0. The number of benzene rings is 2. The molecule has 2 aromatic carbocycles. The zero-order valence-corrected chi connectivity index (χ0v) is 12.0. The van der Waals surface area contributed by atoms with Crippen LogP contribution < -0.4 is 0 Å². The summed E-state index contributed by atoms with van der Waals surface area (Å²) < 4.78 is 0. The molecule has 2 atom stereocenters. The lowest BCUT2D eigenvalue weighted by molar-refractivity contribution is 0.634. The Morgan fingerprint density at radius 2 is 2.14 bits per heavy atom. The first-order valence-electron chi connectivity index (χ1n) is 7.87. The Balaban J connectivity index is 1.68. The maximum Gasteiger partial charge on any atom is 0.0323 e. The first-order chi connectivity index (χ1) is 10.3. The van der Waals surface area contributed by atoms with E-state index in [1.807, 2.05) is 0 Å². The van der Waals surface area contributed by atoms with Gasteiger partial charge >= 0.3 is 0 Å². The maximum absolute atomic E-state index is 3.83. The Hall–Kier alpha value is -2.08. The minimum Gasteiger partial charge on any atom is -0.0804 e. The normalized spacial score (nSPS) is 28.6. The highest BCUT2D eigenvalue weighted by Crippen LogP contribution is 2.67. The molecule has 0 nitrogen and oxygen atoms in total. The van der Waals surface area contributed by atoms with Gasteiger partial charge in [-0.1, -0.05) is 55.0 Å². The molecule has 0 heteroatoms. The maximum atomic E-state index is 3.83. The minimum absolute atomic E-state index is 0.404. The summed E-state index contributed by atoms with van der Waals surface area (Å²) in [6.07, 6.45) is 9.12. The van der Waals surface area contributed by atoms with Crippen molar-refractivity contribution in [1.82, 2.24) is 0 Å². The molecule has 0 amide bonds. The topological polar surface area (TPSA) is 0 Å². The van der Waals surface area contributed by atoms with E-state index in [4.69, 9.17) is 0 Å². The number of hydrogen-bond donors (Lipinski definition) is 0. The lowest BCUT2D eigenvalue weighted by atomic mass is 9.81. The first kappa shape index (κ1) is 10.6. The van der Waals surface area contributed by atoms with Gasteiger partial charge in [-0.2, -0.15) is 0 Å². The van der Waals surface area contributed by atoms with Gasteiger partial charge in [0.1, 0.15) is 0 Å². The highest BCUT2D eigenvalue weighted by molar-refractivity contribution is 5.91. The van der Waals surface area contributed by atoms with Crippen LogP contribution in [-0.4, -0.2) is 0 Å². The molecule has 0 saturated heterocycles. The van der Waals surface area contributed by atoms with Crippen LogP contribution in [0.3, 0.4) is 0 Å². The molecule has 4 aliphatic rings. The van der Waals surface area contributed by atoms with Crippen LogP contribution in [0.15, 0.2) is 48.1 Å². The molecule has 2 unspecified atom stereocenters. The van der Waals surface area contributed by atoms with Crippen molar-refractivity contribution in [2.24, 2.45) is 0 Å². The Labute approximate surface area is 124 Å². The van der Waals surface area contributed by atoms with Crippen LogP contribution in [0.25, 0.3) is 11.1 Å².